The van der Waals surface area contributed by atoms with E-state index in [-0.39, 0.29) is 12.1 Å². The van der Waals surface area contributed by atoms with Gasteiger partial charge in [-0.05, 0) is 30.6 Å². The number of benzene rings is 1. The van der Waals surface area contributed by atoms with Crippen LogP contribution in [0.2, 0.25) is 6.32 Å². The highest BCUT2D eigenvalue weighted by Gasteiger charge is 2.01. The predicted octanol–water partition coefficient (Wildman–Crippen LogP) is 4.30. The molecule has 0 aromatic heterocycles. The predicted molar refractivity (Wildman–Crippen MR) is 79.8 cm³/mol. The highest BCUT2D eigenvalue weighted by Crippen LogP contribution is 2.12. The largest absolute Gasteiger partial charge is 0.497 e. The fourth-order valence-electron chi connectivity index (χ4n) is 0.895. The van der Waals surface area contributed by atoms with Gasteiger partial charge >= 0.3 is 0 Å². The molecule has 100 valence electrons. The summed E-state index contributed by atoms with van der Waals surface area (Å²) in [4.78, 5) is 11.0. The molecule has 0 amide bonds. The summed E-state index contributed by atoms with van der Waals surface area (Å²) in [7, 11) is 6.78. The van der Waals surface area contributed by atoms with Gasteiger partial charge in [-0.1, -0.05) is 40.5 Å². The Morgan fingerprint density at radius 3 is 1.83 bits per heavy atom. The molecule has 0 saturated carbocycles. The van der Waals surface area contributed by atoms with Gasteiger partial charge in [-0.2, -0.15) is 0 Å². The van der Waals surface area contributed by atoms with Crippen LogP contribution >= 0.6 is 0 Å². The van der Waals surface area contributed by atoms with E-state index in [1.807, 2.05) is 13.8 Å². The molecule has 18 heavy (non-hydrogen) atoms. The lowest BCUT2D eigenvalue weighted by Crippen LogP contribution is -1.96. The number of hydrogen-bond acceptors (Lipinski definition) is 2. The fraction of sp³-hybridized carbons (Fsp3) is 0.533. The Bertz CT molecular complexity index is 292. The number of hydrogen-bond donors (Lipinski definition) is 0. The monoisotopic (exact) mass is 248 g/mol. The van der Waals surface area contributed by atoms with Crippen molar-refractivity contribution in [2.24, 2.45) is 0 Å². The minimum Gasteiger partial charge on any atom is -0.497 e. The first-order valence-corrected chi connectivity index (χ1v) is 6.56. The van der Waals surface area contributed by atoms with Crippen molar-refractivity contribution in [2.45, 2.75) is 46.9 Å². The van der Waals surface area contributed by atoms with Crippen LogP contribution in [0, 0.1) is 0 Å². The van der Waals surface area contributed by atoms with Gasteiger partial charge in [-0.15, -0.1) is 0 Å². The van der Waals surface area contributed by atoms with Crippen LogP contribution in [0.5, 0.6) is 5.75 Å². The number of ether oxygens (including phenoxy) is 1. The van der Waals surface area contributed by atoms with Crippen molar-refractivity contribution in [3.05, 3.63) is 29.8 Å². The van der Waals surface area contributed by atoms with E-state index in [0.29, 0.717) is 5.56 Å². The molecule has 0 bridgehead atoms. The zero-order valence-electron chi connectivity index (χ0n) is 12.3. The molecule has 1 aromatic rings. The van der Waals surface area contributed by atoms with Crippen LogP contribution in [0.3, 0.4) is 0 Å². The summed E-state index contributed by atoms with van der Waals surface area (Å²) in [5.74, 6) is 0.682. The normalized spacial score (nSPS) is 8.28. The Morgan fingerprint density at radius 2 is 1.56 bits per heavy atom. The Morgan fingerprint density at radius 1 is 1.11 bits per heavy atom. The van der Waals surface area contributed by atoms with Gasteiger partial charge in [0.1, 0.15) is 5.75 Å². The third-order valence-electron chi connectivity index (χ3n) is 2.10. The third-order valence-corrected chi connectivity index (χ3v) is 2.10. The molecule has 1 aromatic carbocycles. The number of carbonyl (C=O) groups is 1. The molecule has 0 unspecified atom stereocenters. The summed E-state index contributed by atoms with van der Waals surface area (Å²) in [6, 6.07) is 6.88. The summed E-state index contributed by atoms with van der Waals surface area (Å²) < 4.78 is 4.94. The van der Waals surface area contributed by atoms with Crippen LogP contribution in [0.1, 0.15) is 50.9 Å². The first-order valence-electron chi connectivity index (χ1n) is 6.56. The maximum absolute atomic E-state index is 11.0. The van der Waals surface area contributed by atoms with E-state index < -0.39 is 0 Å². The zero-order chi connectivity index (χ0) is 14.4. The van der Waals surface area contributed by atoms with E-state index in [2.05, 4.69) is 13.8 Å². The number of rotatable bonds is 4. The second-order valence-corrected chi connectivity index (χ2v) is 3.36. The van der Waals surface area contributed by atoms with Gasteiger partial charge in [0.2, 0.25) is 0 Å². The van der Waals surface area contributed by atoms with Crippen molar-refractivity contribution < 1.29 is 9.53 Å². The van der Waals surface area contributed by atoms with E-state index in [1.165, 1.54) is 12.8 Å². The van der Waals surface area contributed by atoms with Gasteiger partial charge in [-0.25, -0.2) is 0 Å². The van der Waals surface area contributed by atoms with Gasteiger partial charge in [0.25, 0.3) is 0 Å². The number of methoxy groups -OCH3 is 1. The zero-order valence-corrected chi connectivity index (χ0v) is 12.3. The van der Waals surface area contributed by atoms with Crippen molar-refractivity contribution in [1.29, 1.82) is 0 Å². The van der Waals surface area contributed by atoms with Gasteiger partial charge < -0.3 is 4.74 Å². The van der Waals surface area contributed by atoms with Crippen molar-refractivity contribution in [3.63, 3.8) is 0 Å². The molecule has 0 N–H and O–H groups in total. The molecule has 3 heteroatoms. The molecule has 0 aliphatic rings. The molecule has 0 heterocycles. The minimum atomic E-state index is -0.0577. The molecule has 0 saturated heterocycles. The lowest BCUT2D eigenvalue weighted by molar-refractivity contribution is 0.101. The molecule has 2 nitrogen and oxygen atoms in total. The summed E-state index contributed by atoms with van der Waals surface area (Å²) in [5.41, 5.74) is 0.623. The maximum Gasteiger partial charge on any atom is 0.154 e. The molecule has 0 fully saturated rings. The van der Waals surface area contributed by atoms with Gasteiger partial charge in [-0.3, -0.25) is 4.79 Å². The first kappa shape index (κ1) is 19.1. The number of unbranched alkanes of at least 4 members (excludes halogenated alkanes) is 1. The molecule has 0 aliphatic heterocycles. The Kier molecular flexibility index (Phi) is 14.7. The van der Waals surface area contributed by atoms with E-state index in [0.717, 1.165) is 5.75 Å². The molecule has 1 rings (SSSR count). The number of Topliss-reactive ketones (excluding diaryl/α,β-unsaturated/α-hetero) is 1. The SMILES string of the molecule is CC.CCCC.[B]CC(=O)c1ccc(OC)cc1. The van der Waals surface area contributed by atoms with E-state index in [1.54, 1.807) is 31.4 Å². The molecular weight excluding hydrogens is 223 g/mol. The van der Waals surface area contributed by atoms with Crippen molar-refractivity contribution in [3.8, 4) is 5.75 Å². The Balaban J connectivity index is 0. The smallest absolute Gasteiger partial charge is 0.154 e. The van der Waals surface area contributed by atoms with Gasteiger partial charge in [0.05, 0.1) is 15.0 Å². The lowest BCUT2D eigenvalue weighted by atomic mass is 9.96. The summed E-state index contributed by atoms with van der Waals surface area (Å²) in [6.07, 6.45) is 2.69. The van der Waals surface area contributed by atoms with E-state index in [9.17, 15) is 4.79 Å². The Labute approximate surface area is 113 Å². The minimum absolute atomic E-state index is 0.0479. The lowest BCUT2D eigenvalue weighted by Gasteiger charge is -2.00. The Hall–Kier alpha value is -1.25. The highest BCUT2D eigenvalue weighted by atomic mass is 16.5. The van der Waals surface area contributed by atoms with Crippen LogP contribution in [0.25, 0.3) is 0 Å². The van der Waals surface area contributed by atoms with Gasteiger partial charge in [0.15, 0.2) is 5.78 Å². The molecular formula is C15H25BO2. The average Bonchev–Trinajstić information content (AvgIpc) is 2.48. The number of ketones is 1. The maximum atomic E-state index is 11.0. The van der Waals surface area contributed by atoms with Crippen LogP contribution < -0.4 is 4.74 Å². The summed E-state index contributed by atoms with van der Waals surface area (Å²) >= 11 is 0. The van der Waals surface area contributed by atoms with Crippen molar-refractivity contribution in [1.82, 2.24) is 0 Å². The number of carbonyl (C=O) groups excluding carboxylic acids is 1. The second kappa shape index (κ2) is 13.8. The highest BCUT2D eigenvalue weighted by molar-refractivity contribution is 6.23. The standard InChI is InChI=1S/C9H9BO2.C4H10.C2H6/c1-12-8-4-2-7(3-5-8)9(11)6-10;1-3-4-2;1-2/h2-5H,6H2,1H3;3-4H2,1-2H3;1-2H3. The van der Waals surface area contributed by atoms with Crippen LogP contribution in [-0.4, -0.2) is 20.7 Å². The molecule has 2 radical (unpaired) electrons. The van der Waals surface area contributed by atoms with Crippen LogP contribution in [-0.2, 0) is 0 Å². The quantitative estimate of drug-likeness (QED) is 0.586. The van der Waals surface area contributed by atoms with Crippen LogP contribution in [0.4, 0.5) is 0 Å². The van der Waals surface area contributed by atoms with Crippen molar-refractivity contribution in [2.75, 3.05) is 7.11 Å². The molecule has 0 spiro atoms. The summed E-state index contributed by atoms with van der Waals surface area (Å²) in [6.45, 7) is 8.36. The summed E-state index contributed by atoms with van der Waals surface area (Å²) in [5, 5.41) is 0. The molecule has 0 atom stereocenters. The third kappa shape index (κ3) is 8.86. The van der Waals surface area contributed by atoms with Crippen molar-refractivity contribution >= 4 is 13.6 Å². The topological polar surface area (TPSA) is 26.3 Å². The van der Waals surface area contributed by atoms with Gasteiger partial charge in [0, 0.05) is 5.56 Å². The molecule has 0 aliphatic carbocycles. The average molecular weight is 248 g/mol. The second-order valence-electron chi connectivity index (χ2n) is 3.36. The van der Waals surface area contributed by atoms with E-state index in [4.69, 9.17) is 12.6 Å². The van der Waals surface area contributed by atoms with E-state index >= 15 is 0 Å². The van der Waals surface area contributed by atoms with Crippen LogP contribution in [0.15, 0.2) is 24.3 Å². The first-order chi connectivity index (χ1) is 8.69. The fourth-order valence-corrected chi connectivity index (χ4v) is 0.895.